The molecule has 0 atom stereocenters. The Morgan fingerprint density at radius 2 is 1.00 bits per heavy atom. The predicted octanol–water partition coefficient (Wildman–Crippen LogP) is -0.281. The van der Waals surface area contributed by atoms with Crippen LogP contribution in [0.1, 0.15) is 0 Å². The van der Waals surface area contributed by atoms with Crippen LogP contribution in [0.25, 0.3) is 0 Å². The zero-order valence-corrected chi connectivity index (χ0v) is 8.45. The molecule has 0 rings (SSSR count). The minimum Gasteiger partial charge on any atom is -3.00 e. The van der Waals surface area contributed by atoms with E-state index in [1.165, 1.54) is 0 Å². The van der Waals surface area contributed by atoms with Crippen LogP contribution in [-0.2, 0) is 0 Å². The molecule has 4 heteroatoms. The van der Waals surface area contributed by atoms with E-state index in [1.807, 2.05) is 0 Å². The summed E-state index contributed by atoms with van der Waals surface area (Å²) in [6.45, 7) is 0. The quantitative estimate of drug-likeness (QED) is 0.373. The van der Waals surface area contributed by atoms with E-state index in [2.05, 4.69) is 0 Å². The number of hydrogen-bond donors (Lipinski definition) is 0. The van der Waals surface area contributed by atoms with Crippen LogP contribution >= 0.6 is 9.90 Å². The van der Waals surface area contributed by atoms with Gasteiger partial charge in [0, 0.05) is 28.3 Å². The molecule has 0 aromatic heterocycles. The molecule has 0 aromatic carbocycles. The second-order valence-corrected chi connectivity index (χ2v) is 0. The van der Waals surface area contributed by atoms with E-state index >= 15 is 0 Å². The van der Waals surface area contributed by atoms with E-state index in [0.717, 1.165) is 0 Å². The van der Waals surface area contributed by atoms with Gasteiger partial charge in [-0.2, -0.15) is 0 Å². The first-order chi connectivity index (χ1) is 0. The fraction of sp³-hybridized carbons (Fsp3) is 0. The standard InChI is InChI=1S/Al.In.P.Si/q;+3;-3;. The third kappa shape index (κ3) is 8.97. The van der Waals surface area contributed by atoms with Crippen LogP contribution in [0.4, 0.5) is 0 Å². The summed E-state index contributed by atoms with van der Waals surface area (Å²) in [5.74, 6) is 0. The molecule has 0 aliphatic rings. The second kappa shape index (κ2) is 19.7. The van der Waals surface area contributed by atoms with Gasteiger partial charge in [-0.15, -0.1) is 0 Å². The molecule has 0 fully saturated rings. The largest absolute Gasteiger partial charge is 3.00 e. The monoisotopic (exact) mass is 201 g/mol. The van der Waals surface area contributed by atoms with E-state index < -0.39 is 0 Å². The molecule has 0 nitrogen and oxygen atoms in total. The average Bonchev–Trinajstić information content (AvgIpc) is 0. The van der Waals surface area contributed by atoms with Crippen molar-refractivity contribution in [1.82, 2.24) is 0 Å². The molecule has 0 aliphatic carbocycles. The smallest absolute Gasteiger partial charge is 3.00 e. The molecule has 0 heterocycles. The van der Waals surface area contributed by atoms with Crippen molar-refractivity contribution in [2.75, 3.05) is 0 Å². The summed E-state index contributed by atoms with van der Waals surface area (Å²) in [7, 11) is 0. The fourth-order valence-corrected chi connectivity index (χ4v) is 0. The van der Waals surface area contributed by atoms with E-state index in [9.17, 15) is 0 Å². The Hall–Kier alpha value is 2.05. The molecule has 15 valence electrons. The summed E-state index contributed by atoms with van der Waals surface area (Å²) < 4.78 is 0. The summed E-state index contributed by atoms with van der Waals surface area (Å²) in [5, 5.41) is 0. The van der Waals surface area contributed by atoms with Gasteiger partial charge in [0.05, 0.1) is 0 Å². The maximum absolute atomic E-state index is 0. The molecule has 0 aromatic rings. The molecule has 7 radical (unpaired) electrons. The Kier molecular flexibility index (Phi) is 181. The van der Waals surface area contributed by atoms with Crippen LogP contribution in [0.2, 0.25) is 0 Å². The van der Waals surface area contributed by atoms with Gasteiger partial charge in [0.2, 0.25) is 0 Å². The third-order valence-corrected chi connectivity index (χ3v) is 0. The van der Waals surface area contributed by atoms with E-state index in [-0.39, 0.29) is 64.1 Å². The van der Waals surface area contributed by atoms with Gasteiger partial charge in [-0.25, -0.2) is 0 Å². The molecule has 0 unspecified atom stereocenters. The molecule has 0 saturated heterocycles. The Morgan fingerprint density at radius 1 is 1.00 bits per heavy atom. The molecule has 0 spiro atoms. The van der Waals surface area contributed by atoms with Gasteiger partial charge in [0.1, 0.15) is 0 Å². The van der Waals surface area contributed by atoms with Crippen LogP contribution in [-0.4, -0.2) is 54.2 Å². The van der Waals surface area contributed by atoms with Crippen LogP contribution in [0, 0.1) is 0 Å². The first-order valence-electron chi connectivity index (χ1n) is 0. The summed E-state index contributed by atoms with van der Waals surface area (Å²) >= 11 is 0. The number of hydrogen-bond acceptors (Lipinski definition) is 0. The van der Waals surface area contributed by atoms with Crippen LogP contribution < -0.4 is 0 Å². The van der Waals surface area contributed by atoms with Crippen molar-refractivity contribution in [1.29, 1.82) is 0 Å². The minimum atomic E-state index is 0. The third-order valence-electron chi connectivity index (χ3n) is 0. The van der Waals surface area contributed by atoms with Gasteiger partial charge in [-0.3, -0.25) is 0 Å². The summed E-state index contributed by atoms with van der Waals surface area (Å²) in [5.41, 5.74) is 0. The Bertz CT molecular complexity index is 8.00. The summed E-state index contributed by atoms with van der Waals surface area (Å²) in [6.07, 6.45) is 0. The summed E-state index contributed by atoms with van der Waals surface area (Å²) in [4.78, 5) is 0. The van der Waals surface area contributed by atoms with Gasteiger partial charge in [0.25, 0.3) is 0 Å². The molecular weight excluding hydrogens is 201 g/mol. The second-order valence-electron chi connectivity index (χ2n) is 0. The molecular formula is AlInPSi. The molecule has 0 amide bonds. The molecule has 0 aliphatic heterocycles. The van der Waals surface area contributed by atoms with Crippen molar-refractivity contribution < 1.29 is 0 Å². The van der Waals surface area contributed by atoms with Gasteiger partial charge < -0.3 is 9.90 Å². The average molecular weight is 201 g/mol. The van der Waals surface area contributed by atoms with Crippen LogP contribution in [0.3, 0.4) is 0 Å². The Morgan fingerprint density at radius 3 is 1.00 bits per heavy atom. The van der Waals surface area contributed by atoms with Crippen molar-refractivity contribution in [3.8, 4) is 0 Å². The van der Waals surface area contributed by atoms with E-state index in [0.29, 0.717) is 0 Å². The normalized spacial score (nSPS) is 0. The van der Waals surface area contributed by atoms with Crippen molar-refractivity contribution in [3.63, 3.8) is 0 Å². The van der Waals surface area contributed by atoms with Crippen molar-refractivity contribution >= 4 is 64.1 Å². The predicted molar refractivity (Wildman–Crippen MR) is 24.2 cm³/mol. The van der Waals surface area contributed by atoms with Crippen molar-refractivity contribution in [2.45, 2.75) is 0 Å². The maximum atomic E-state index is 0. The SMILES string of the molecule is [Al].[In+3].[P-3].[Si]. The van der Waals surface area contributed by atoms with Crippen LogP contribution in [0.15, 0.2) is 0 Å². The molecule has 0 saturated carbocycles. The Labute approximate surface area is 63.7 Å². The molecule has 0 N–H and O–H groups in total. The van der Waals surface area contributed by atoms with Gasteiger partial charge >= 0.3 is 25.8 Å². The van der Waals surface area contributed by atoms with Crippen LogP contribution in [0.5, 0.6) is 0 Å². The fourth-order valence-electron chi connectivity index (χ4n) is 0. The molecule has 0 bridgehead atoms. The van der Waals surface area contributed by atoms with Crippen molar-refractivity contribution in [3.05, 3.63) is 0 Å². The van der Waals surface area contributed by atoms with Crippen molar-refractivity contribution in [2.24, 2.45) is 0 Å². The zero-order chi connectivity index (χ0) is 0. The first-order valence-corrected chi connectivity index (χ1v) is 0. The van der Waals surface area contributed by atoms with E-state index in [1.54, 1.807) is 0 Å². The first kappa shape index (κ1) is 36.7. The molecule has 4 heavy (non-hydrogen) atoms. The Balaban J connectivity index is 0. The van der Waals surface area contributed by atoms with E-state index in [4.69, 9.17) is 0 Å². The van der Waals surface area contributed by atoms with Gasteiger partial charge in [-0.1, -0.05) is 0 Å². The maximum Gasteiger partial charge on any atom is 3.00 e. The summed E-state index contributed by atoms with van der Waals surface area (Å²) in [6, 6.07) is 0. The van der Waals surface area contributed by atoms with Gasteiger partial charge in [-0.05, 0) is 0 Å². The zero-order valence-electron chi connectivity index (χ0n) is 2.10. The van der Waals surface area contributed by atoms with Gasteiger partial charge in [0.15, 0.2) is 0 Å². The topological polar surface area (TPSA) is 0 Å². The minimum absolute atomic E-state index is 0. The number of rotatable bonds is 0.